The quantitative estimate of drug-likeness (QED) is 0.658. The van der Waals surface area contributed by atoms with Gasteiger partial charge in [-0.25, -0.2) is 9.78 Å². The Balaban J connectivity index is 1.51. The first-order valence-electron chi connectivity index (χ1n) is 8.48. The van der Waals surface area contributed by atoms with Crippen LogP contribution in [0.25, 0.3) is 11.1 Å². The van der Waals surface area contributed by atoms with Gasteiger partial charge in [0.1, 0.15) is 10.4 Å². The number of piperidine rings is 1. The maximum Gasteiger partial charge on any atom is 0.348 e. The summed E-state index contributed by atoms with van der Waals surface area (Å²) in [6, 6.07) is 11.0. The van der Waals surface area contributed by atoms with Gasteiger partial charge in [0.05, 0.1) is 17.9 Å². The molecule has 1 aliphatic rings. The van der Waals surface area contributed by atoms with Gasteiger partial charge >= 0.3 is 5.97 Å². The number of oxazole rings is 1. The average molecular weight is 370 g/mol. The van der Waals surface area contributed by atoms with Crippen LogP contribution in [-0.2, 0) is 4.74 Å². The summed E-state index contributed by atoms with van der Waals surface area (Å²) < 4.78 is 10.6. The molecule has 4 rings (SSSR count). The van der Waals surface area contributed by atoms with Gasteiger partial charge < -0.3 is 14.1 Å². The number of hydrogen-bond acceptors (Lipinski definition) is 6. The van der Waals surface area contributed by atoms with E-state index in [1.165, 1.54) is 7.11 Å². The normalized spacial score (nSPS) is 17.4. The fourth-order valence-corrected chi connectivity index (χ4v) is 4.14. The summed E-state index contributed by atoms with van der Waals surface area (Å²) in [5.74, 6) is 0.285. The van der Waals surface area contributed by atoms with E-state index in [0.717, 1.165) is 35.3 Å². The Hall–Kier alpha value is -2.67. The molecular formula is C19H18N2O4S. The summed E-state index contributed by atoms with van der Waals surface area (Å²) in [6.45, 7) is 1.26. The Morgan fingerprint density at radius 2 is 2.04 bits per heavy atom. The molecule has 1 aromatic carbocycles. The molecule has 0 spiro atoms. The molecule has 6 nitrogen and oxygen atoms in total. The number of amides is 1. The number of carbonyl (C=O) groups is 2. The minimum absolute atomic E-state index is 0.0639. The molecule has 26 heavy (non-hydrogen) atoms. The van der Waals surface area contributed by atoms with Crippen molar-refractivity contribution in [1.82, 2.24) is 9.88 Å². The van der Waals surface area contributed by atoms with Crippen molar-refractivity contribution in [3.05, 3.63) is 52.0 Å². The highest BCUT2D eigenvalue weighted by Gasteiger charge is 2.29. The number of rotatable bonds is 3. The highest BCUT2D eigenvalue weighted by molar-refractivity contribution is 7.15. The molecule has 0 aliphatic carbocycles. The Bertz CT molecular complexity index is 928. The van der Waals surface area contributed by atoms with Crippen LogP contribution in [0.2, 0.25) is 0 Å². The number of benzene rings is 1. The maximum absolute atomic E-state index is 12.8. The Labute approximate surface area is 154 Å². The Morgan fingerprint density at radius 1 is 1.23 bits per heavy atom. The van der Waals surface area contributed by atoms with E-state index in [0.29, 0.717) is 28.7 Å². The smallest absolute Gasteiger partial charge is 0.348 e. The molecule has 0 bridgehead atoms. The fourth-order valence-electron chi connectivity index (χ4n) is 3.25. The summed E-state index contributed by atoms with van der Waals surface area (Å²) in [5.41, 5.74) is 1.61. The monoisotopic (exact) mass is 370 g/mol. The van der Waals surface area contributed by atoms with Crippen molar-refractivity contribution in [2.24, 2.45) is 0 Å². The second-order valence-electron chi connectivity index (χ2n) is 6.27. The van der Waals surface area contributed by atoms with Gasteiger partial charge in [0.15, 0.2) is 11.5 Å². The average Bonchev–Trinajstić information content (AvgIpc) is 3.34. The van der Waals surface area contributed by atoms with E-state index in [1.54, 1.807) is 12.1 Å². The van der Waals surface area contributed by atoms with Gasteiger partial charge in [0.25, 0.3) is 5.91 Å². The van der Waals surface area contributed by atoms with Crippen LogP contribution in [0.1, 0.15) is 44.0 Å². The molecule has 0 unspecified atom stereocenters. The second-order valence-corrected chi connectivity index (χ2v) is 7.35. The van der Waals surface area contributed by atoms with Crippen LogP contribution in [0, 0.1) is 0 Å². The molecule has 1 aliphatic heterocycles. The van der Waals surface area contributed by atoms with E-state index in [1.807, 2.05) is 29.2 Å². The van der Waals surface area contributed by atoms with Crippen LogP contribution in [0.5, 0.6) is 0 Å². The molecule has 0 N–H and O–H groups in total. The summed E-state index contributed by atoms with van der Waals surface area (Å²) >= 11 is 1.16. The number of fused-ring (bicyclic) bond motifs is 1. The van der Waals surface area contributed by atoms with Crippen molar-refractivity contribution in [3.8, 4) is 0 Å². The number of para-hydroxylation sites is 2. The highest BCUT2D eigenvalue weighted by atomic mass is 32.1. The molecule has 0 radical (unpaired) electrons. The van der Waals surface area contributed by atoms with Gasteiger partial charge in [-0.05, 0) is 37.1 Å². The predicted octanol–water partition coefficient (Wildman–Crippen LogP) is 3.70. The third-order valence-electron chi connectivity index (χ3n) is 4.57. The zero-order valence-electron chi connectivity index (χ0n) is 14.3. The summed E-state index contributed by atoms with van der Waals surface area (Å²) in [5, 5.41) is 0. The van der Waals surface area contributed by atoms with Crippen molar-refractivity contribution in [3.63, 3.8) is 0 Å². The van der Waals surface area contributed by atoms with E-state index in [4.69, 9.17) is 9.15 Å². The minimum atomic E-state index is -0.419. The number of thiophene rings is 1. The van der Waals surface area contributed by atoms with Gasteiger partial charge in [0, 0.05) is 13.1 Å². The van der Waals surface area contributed by atoms with Crippen molar-refractivity contribution >= 4 is 34.3 Å². The van der Waals surface area contributed by atoms with E-state index in [2.05, 4.69) is 4.98 Å². The molecule has 1 amide bonds. The molecule has 3 heterocycles. The standard InChI is InChI=1S/C19H18N2O4S/c1-24-19(23)16-9-8-15(26-16)18(22)21-10-4-5-12(11-21)17-20-13-6-2-3-7-14(13)25-17/h2-3,6-9,12H,4-5,10-11H2,1H3/t12-/m0/s1. The molecule has 0 saturated carbocycles. The van der Waals surface area contributed by atoms with E-state index < -0.39 is 5.97 Å². The number of likely N-dealkylation sites (tertiary alicyclic amines) is 1. The van der Waals surface area contributed by atoms with Crippen molar-refractivity contribution in [1.29, 1.82) is 0 Å². The van der Waals surface area contributed by atoms with Gasteiger partial charge in [0.2, 0.25) is 0 Å². The Morgan fingerprint density at radius 3 is 2.85 bits per heavy atom. The zero-order chi connectivity index (χ0) is 18.1. The SMILES string of the molecule is COC(=O)c1ccc(C(=O)N2CCC[C@H](c3nc4ccccc4o3)C2)s1. The maximum atomic E-state index is 12.8. The molecular weight excluding hydrogens is 352 g/mol. The molecule has 134 valence electrons. The lowest BCUT2D eigenvalue weighted by Gasteiger charge is -2.30. The van der Waals surface area contributed by atoms with Gasteiger partial charge in [-0.15, -0.1) is 11.3 Å². The third-order valence-corrected chi connectivity index (χ3v) is 5.62. The van der Waals surface area contributed by atoms with E-state index >= 15 is 0 Å². The van der Waals surface area contributed by atoms with Crippen LogP contribution < -0.4 is 0 Å². The van der Waals surface area contributed by atoms with Gasteiger partial charge in [-0.1, -0.05) is 12.1 Å². The van der Waals surface area contributed by atoms with Gasteiger partial charge in [-0.2, -0.15) is 0 Å². The third kappa shape index (κ3) is 3.10. The largest absolute Gasteiger partial charge is 0.465 e. The Kier molecular flexibility index (Phi) is 4.46. The summed E-state index contributed by atoms with van der Waals surface area (Å²) in [4.78, 5) is 31.8. The lowest BCUT2D eigenvalue weighted by molar-refractivity contribution is 0.0606. The number of nitrogens with zero attached hydrogens (tertiary/aromatic N) is 2. The molecule has 3 aromatic rings. The van der Waals surface area contributed by atoms with Crippen LogP contribution in [0.3, 0.4) is 0 Å². The molecule has 2 aromatic heterocycles. The van der Waals surface area contributed by atoms with Crippen molar-refractivity contribution < 1.29 is 18.7 Å². The number of methoxy groups -OCH3 is 1. The van der Waals surface area contributed by atoms with Gasteiger partial charge in [-0.3, -0.25) is 4.79 Å². The summed E-state index contributed by atoms with van der Waals surface area (Å²) in [7, 11) is 1.33. The first-order valence-corrected chi connectivity index (χ1v) is 9.30. The van der Waals surface area contributed by atoms with Crippen LogP contribution in [0.15, 0.2) is 40.8 Å². The lowest BCUT2D eigenvalue weighted by Crippen LogP contribution is -2.38. The van der Waals surface area contributed by atoms with Crippen LogP contribution in [0.4, 0.5) is 0 Å². The van der Waals surface area contributed by atoms with E-state index in [9.17, 15) is 9.59 Å². The predicted molar refractivity (Wildman–Crippen MR) is 97.5 cm³/mol. The number of aromatic nitrogens is 1. The zero-order valence-corrected chi connectivity index (χ0v) is 15.1. The molecule has 1 saturated heterocycles. The minimum Gasteiger partial charge on any atom is -0.465 e. The topological polar surface area (TPSA) is 72.6 Å². The van der Waals surface area contributed by atoms with Crippen molar-refractivity contribution in [2.45, 2.75) is 18.8 Å². The molecule has 7 heteroatoms. The number of carbonyl (C=O) groups excluding carboxylic acids is 2. The number of ether oxygens (including phenoxy) is 1. The molecule has 1 fully saturated rings. The van der Waals surface area contributed by atoms with Crippen LogP contribution in [-0.4, -0.2) is 42.0 Å². The summed E-state index contributed by atoms with van der Waals surface area (Å²) in [6.07, 6.45) is 1.83. The highest BCUT2D eigenvalue weighted by Crippen LogP contribution is 2.30. The second kappa shape index (κ2) is 6.92. The number of hydrogen-bond donors (Lipinski definition) is 0. The first-order chi connectivity index (χ1) is 12.7. The molecule has 1 atom stereocenters. The van der Waals surface area contributed by atoms with E-state index in [-0.39, 0.29) is 11.8 Å². The number of esters is 1. The lowest BCUT2D eigenvalue weighted by atomic mass is 9.98. The van der Waals surface area contributed by atoms with Crippen molar-refractivity contribution in [2.75, 3.05) is 20.2 Å². The fraction of sp³-hybridized carbons (Fsp3) is 0.316. The first kappa shape index (κ1) is 16.8. The van der Waals surface area contributed by atoms with Crippen LogP contribution >= 0.6 is 11.3 Å².